The Morgan fingerprint density at radius 1 is 1.16 bits per heavy atom. The lowest BCUT2D eigenvalue weighted by atomic mass is 9.90. The summed E-state index contributed by atoms with van der Waals surface area (Å²) >= 11 is 0. The van der Waals surface area contributed by atoms with Crippen LogP contribution in [-0.2, 0) is 9.53 Å². The van der Waals surface area contributed by atoms with Gasteiger partial charge in [-0.25, -0.2) is 0 Å². The van der Waals surface area contributed by atoms with E-state index in [1.54, 1.807) is 0 Å². The van der Waals surface area contributed by atoms with Crippen LogP contribution in [0.25, 0.3) is 10.9 Å². The highest BCUT2D eigenvalue weighted by Gasteiger charge is 2.25. The van der Waals surface area contributed by atoms with Crippen molar-refractivity contribution >= 4 is 16.8 Å². The Hall–Kier alpha value is -2.59. The molecule has 2 atom stereocenters. The summed E-state index contributed by atoms with van der Waals surface area (Å²) in [5.74, 6) is 0.196. The van der Waals surface area contributed by atoms with Crippen LogP contribution in [0.15, 0.2) is 60.8 Å². The Bertz CT molecular complexity index is 850. The number of nitrogens with one attached hydrogen (secondary N) is 2. The van der Waals surface area contributed by atoms with Crippen LogP contribution >= 0.6 is 0 Å². The Morgan fingerprint density at radius 3 is 2.76 bits per heavy atom. The van der Waals surface area contributed by atoms with E-state index in [-0.39, 0.29) is 17.7 Å². The molecule has 0 aliphatic carbocycles. The van der Waals surface area contributed by atoms with Crippen molar-refractivity contribution in [2.24, 2.45) is 5.92 Å². The predicted molar refractivity (Wildman–Crippen MR) is 98.5 cm³/mol. The number of aromatic amines is 1. The number of aromatic nitrogens is 1. The molecule has 0 bridgehead atoms. The van der Waals surface area contributed by atoms with E-state index in [1.807, 2.05) is 24.3 Å². The standard InChI is InChI=1S/C21H22N2O2/c24-21(16-10-11-25-14-16)23-12-18(15-6-2-1-3-7-15)19-13-22-20-9-5-4-8-17(19)20/h1-9,13,16,18,22H,10-12,14H2,(H,23,24)/t16-,18+/m1/s1. The van der Waals surface area contributed by atoms with Crippen LogP contribution in [0.3, 0.4) is 0 Å². The number of H-pyrrole nitrogens is 1. The van der Waals surface area contributed by atoms with E-state index < -0.39 is 0 Å². The van der Waals surface area contributed by atoms with Gasteiger partial charge in [-0.05, 0) is 23.6 Å². The third kappa shape index (κ3) is 3.30. The fourth-order valence-corrected chi connectivity index (χ4v) is 3.56. The maximum Gasteiger partial charge on any atom is 0.225 e. The highest BCUT2D eigenvalue weighted by molar-refractivity contribution is 5.84. The number of carbonyl (C=O) groups is 1. The average Bonchev–Trinajstić information content (AvgIpc) is 3.33. The van der Waals surface area contributed by atoms with Crippen molar-refractivity contribution in [3.63, 3.8) is 0 Å². The Balaban J connectivity index is 1.62. The maximum atomic E-state index is 12.4. The minimum absolute atomic E-state index is 0.0145. The van der Waals surface area contributed by atoms with E-state index in [2.05, 4.69) is 46.8 Å². The zero-order valence-electron chi connectivity index (χ0n) is 14.1. The lowest BCUT2D eigenvalue weighted by Crippen LogP contribution is -2.34. The fraction of sp³-hybridized carbons (Fsp3) is 0.286. The van der Waals surface area contributed by atoms with Crippen molar-refractivity contribution in [1.29, 1.82) is 0 Å². The molecule has 1 aromatic heterocycles. The molecule has 2 aromatic carbocycles. The lowest BCUT2D eigenvalue weighted by Gasteiger charge is -2.19. The third-order valence-electron chi connectivity index (χ3n) is 4.98. The molecule has 1 saturated heterocycles. The van der Waals surface area contributed by atoms with Crippen LogP contribution in [0.1, 0.15) is 23.5 Å². The molecule has 128 valence electrons. The molecule has 4 heteroatoms. The molecule has 4 nitrogen and oxygen atoms in total. The molecule has 4 rings (SSSR count). The molecule has 0 unspecified atom stereocenters. The van der Waals surface area contributed by atoms with E-state index in [0.717, 1.165) is 11.9 Å². The molecule has 3 aromatic rings. The Labute approximate surface area is 147 Å². The lowest BCUT2D eigenvalue weighted by molar-refractivity contribution is -0.124. The molecule has 2 N–H and O–H groups in total. The van der Waals surface area contributed by atoms with Gasteiger partial charge in [-0.1, -0.05) is 48.5 Å². The molecule has 0 spiro atoms. The minimum atomic E-state index is -0.0145. The van der Waals surface area contributed by atoms with Gasteiger partial charge in [0.1, 0.15) is 0 Å². The van der Waals surface area contributed by atoms with Crippen molar-refractivity contribution in [3.05, 3.63) is 71.9 Å². The van der Waals surface area contributed by atoms with Gasteiger partial charge >= 0.3 is 0 Å². The monoisotopic (exact) mass is 334 g/mol. The number of rotatable bonds is 5. The van der Waals surface area contributed by atoms with Gasteiger partial charge in [-0.2, -0.15) is 0 Å². The van der Waals surface area contributed by atoms with Gasteiger partial charge in [0.2, 0.25) is 5.91 Å². The summed E-state index contributed by atoms with van der Waals surface area (Å²) in [7, 11) is 0. The van der Waals surface area contributed by atoms with Gasteiger partial charge in [-0.15, -0.1) is 0 Å². The van der Waals surface area contributed by atoms with Crippen LogP contribution in [0, 0.1) is 5.92 Å². The number of amides is 1. The zero-order valence-corrected chi connectivity index (χ0v) is 14.1. The second-order valence-electron chi connectivity index (χ2n) is 6.56. The van der Waals surface area contributed by atoms with E-state index in [1.165, 1.54) is 16.5 Å². The van der Waals surface area contributed by atoms with Crippen LogP contribution in [0.5, 0.6) is 0 Å². The summed E-state index contributed by atoms with van der Waals surface area (Å²) in [6, 6.07) is 18.6. The molecular formula is C21H22N2O2. The smallest absolute Gasteiger partial charge is 0.225 e. The summed E-state index contributed by atoms with van der Waals surface area (Å²) in [6.07, 6.45) is 2.88. The number of hydrogen-bond donors (Lipinski definition) is 2. The normalized spacial score (nSPS) is 18.3. The number of ether oxygens (including phenoxy) is 1. The Morgan fingerprint density at radius 2 is 1.96 bits per heavy atom. The van der Waals surface area contributed by atoms with Crippen molar-refractivity contribution in [2.75, 3.05) is 19.8 Å². The molecule has 1 aliphatic heterocycles. The maximum absolute atomic E-state index is 12.4. The van der Waals surface area contributed by atoms with Gasteiger partial charge in [0, 0.05) is 36.2 Å². The first-order valence-corrected chi connectivity index (χ1v) is 8.79. The fourth-order valence-electron chi connectivity index (χ4n) is 3.56. The molecule has 1 amide bonds. The van der Waals surface area contributed by atoms with Crippen molar-refractivity contribution in [3.8, 4) is 0 Å². The third-order valence-corrected chi connectivity index (χ3v) is 4.98. The second-order valence-corrected chi connectivity index (χ2v) is 6.56. The van der Waals surface area contributed by atoms with E-state index in [9.17, 15) is 4.79 Å². The average molecular weight is 334 g/mol. The number of carbonyl (C=O) groups excluding carboxylic acids is 1. The first kappa shape index (κ1) is 15.9. The van der Waals surface area contributed by atoms with E-state index >= 15 is 0 Å². The molecule has 0 radical (unpaired) electrons. The van der Waals surface area contributed by atoms with E-state index in [4.69, 9.17) is 4.74 Å². The van der Waals surface area contributed by atoms with Gasteiger partial charge in [0.15, 0.2) is 0 Å². The highest BCUT2D eigenvalue weighted by Crippen LogP contribution is 2.30. The number of benzene rings is 2. The summed E-state index contributed by atoms with van der Waals surface area (Å²) in [5.41, 5.74) is 3.54. The molecule has 1 fully saturated rings. The predicted octanol–water partition coefficient (Wildman–Crippen LogP) is 3.45. The van der Waals surface area contributed by atoms with E-state index in [0.29, 0.717) is 19.8 Å². The van der Waals surface area contributed by atoms with Crippen LogP contribution in [0.2, 0.25) is 0 Å². The SMILES string of the molecule is O=C(NC[C@@H](c1ccccc1)c1c[nH]c2ccccc12)[C@@H]1CCOC1. The van der Waals surface area contributed by atoms with Gasteiger partial charge in [0.25, 0.3) is 0 Å². The van der Waals surface area contributed by atoms with Gasteiger partial charge in [-0.3, -0.25) is 4.79 Å². The molecule has 25 heavy (non-hydrogen) atoms. The summed E-state index contributed by atoms with van der Waals surface area (Å²) in [5, 5.41) is 4.35. The first-order chi connectivity index (χ1) is 12.3. The van der Waals surface area contributed by atoms with Crippen LogP contribution < -0.4 is 5.32 Å². The first-order valence-electron chi connectivity index (χ1n) is 8.79. The summed E-state index contributed by atoms with van der Waals surface area (Å²) in [4.78, 5) is 15.8. The van der Waals surface area contributed by atoms with Crippen molar-refractivity contribution in [1.82, 2.24) is 10.3 Å². The zero-order chi connectivity index (χ0) is 17.1. The second kappa shape index (κ2) is 7.11. The molecule has 1 aliphatic rings. The Kier molecular flexibility index (Phi) is 4.53. The largest absolute Gasteiger partial charge is 0.381 e. The number of para-hydroxylation sites is 1. The highest BCUT2D eigenvalue weighted by atomic mass is 16.5. The molecular weight excluding hydrogens is 312 g/mol. The molecule has 2 heterocycles. The molecule has 0 saturated carbocycles. The topological polar surface area (TPSA) is 54.1 Å². The number of fused-ring (bicyclic) bond motifs is 1. The van der Waals surface area contributed by atoms with Gasteiger partial charge < -0.3 is 15.0 Å². The van der Waals surface area contributed by atoms with Crippen molar-refractivity contribution < 1.29 is 9.53 Å². The quantitative estimate of drug-likeness (QED) is 0.751. The van der Waals surface area contributed by atoms with Gasteiger partial charge in [0.05, 0.1) is 12.5 Å². The summed E-state index contributed by atoms with van der Waals surface area (Å²) < 4.78 is 5.33. The van der Waals surface area contributed by atoms with Crippen LogP contribution in [0.4, 0.5) is 0 Å². The van der Waals surface area contributed by atoms with Crippen LogP contribution in [-0.4, -0.2) is 30.6 Å². The summed E-state index contributed by atoms with van der Waals surface area (Å²) in [6.45, 7) is 1.80. The minimum Gasteiger partial charge on any atom is -0.381 e. The van der Waals surface area contributed by atoms with Crippen molar-refractivity contribution in [2.45, 2.75) is 12.3 Å². The number of hydrogen-bond acceptors (Lipinski definition) is 2.